The van der Waals surface area contributed by atoms with Crippen molar-refractivity contribution in [3.63, 3.8) is 0 Å². The molecule has 0 heterocycles. The molecule has 0 rings (SSSR count). The largest absolute Gasteiger partial charge is 0.464 e. The second-order valence-electron chi connectivity index (χ2n) is 21.6. The molecule has 0 saturated carbocycles. The van der Waals surface area contributed by atoms with Gasteiger partial charge in [0.05, 0.1) is 13.2 Å². The minimum Gasteiger partial charge on any atom is -0.464 e. The van der Waals surface area contributed by atoms with E-state index in [0.29, 0.717) is 51.6 Å². The van der Waals surface area contributed by atoms with E-state index in [0.717, 1.165) is 89.9 Å². The molecule has 12 heteroatoms. The highest BCUT2D eigenvalue weighted by atomic mass is 16.5. The van der Waals surface area contributed by atoms with E-state index in [4.69, 9.17) is 9.47 Å². The van der Waals surface area contributed by atoms with Crippen molar-refractivity contribution in [1.82, 2.24) is 21.3 Å². The minimum atomic E-state index is -1.06. The van der Waals surface area contributed by atoms with Gasteiger partial charge in [0.1, 0.15) is 12.1 Å². The van der Waals surface area contributed by atoms with Crippen LogP contribution in [0.1, 0.15) is 323 Å². The lowest BCUT2D eigenvalue weighted by Crippen LogP contribution is -2.52. The van der Waals surface area contributed by atoms with Gasteiger partial charge in [0, 0.05) is 25.9 Å². The van der Waals surface area contributed by atoms with Gasteiger partial charge in [0.25, 0.3) is 0 Å². The third-order valence-corrected chi connectivity index (χ3v) is 14.4. The topological polar surface area (TPSA) is 169 Å². The monoisotopic (exact) mass is 1050 g/mol. The smallest absolute Gasteiger partial charge is 0.328 e. The first-order valence-electron chi connectivity index (χ1n) is 31.7. The molecular formula is C62H118N4O8. The fourth-order valence-electron chi connectivity index (χ4n) is 9.44. The van der Waals surface area contributed by atoms with Gasteiger partial charge in [-0.15, -0.1) is 0 Å². The molecule has 434 valence electrons. The van der Waals surface area contributed by atoms with E-state index in [1.807, 2.05) is 0 Å². The Balaban J connectivity index is 5.32. The molecule has 0 aliphatic rings. The normalized spacial score (nSPS) is 12.0. The zero-order valence-corrected chi connectivity index (χ0v) is 48.8. The zero-order chi connectivity index (χ0) is 54.2. The van der Waals surface area contributed by atoms with Crippen LogP contribution in [0.2, 0.25) is 0 Å². The van der Waals surface area contributed by atoms with Crippen molar-refractivity contribution in [2.24, 2.45) is 0 Å². The van der Waals surface area contributed by atoms with E-state index in [2.05, 4.69) is 49.0 Å². The summed E-state index contributed by atoms with van der Waals surface area (Å²) in [5.74, 6) is -3.17. The fraction of sp³-hybridized carbons (Fsp3) is 0.903. The summed E-state index contributed by atoms with van der Waals surface area (Å²) in [4.78, 5) is 79.0. The summed E-state index contributed by atoms with van der Waals surface area (Å²) in [6.07, 6.45) is 48.2. The third kappa shape index (κ3) is 48.5. The number of hydrogen-bond acceptors (Lipinski definition) is 8. The van der Waals surface area contributed by atoms with Gasteiger partial charge in [-0.3, -0.25) is 19.2 Å². The first-order chi connectivity index (χ1) is 36.2. The van der Waals surface area contributed by atoms with E-state index < -0.39 is 35.8 Å². The number of ether oxygens (including phenoxy) is 2. The first kappa shape index (κ1) is 70.8. The van der Waals surface area contributed by atoms with Crippen LogP contribution in [0.4, 0.5) is 0 Å². The summed E-state index contributed by atoms with van der Waals surface area (Å²) in [5, 5.41) is 11.2. The maximum Gasteiger partial charge on any atom is 0.328 e. The van der Waals surface area contributed by atoms with Crippen LogP contribution in [0, 0.1) is 0 Å². The van der Waals surface area contributed by atoms with E-state index in [-0.39, 0.29) is 37.9 Å². The standard InChI is InChI=1S/C62H118N4O8/c1-5-9-13-17-21-25-29-33-37-45-53-73-61(71)55(47-41-43-51-63-57(67)49-39-35-31-27-23-19-15-11-7-3)65-59(69)60(70)66-56(62(72)74-54-46-38-34-30-26-22-18-14-10-6-2)48-42-44-52-64-58(68)50-40-36-32-28-24-20-16-12-8-4/h55-56H,5-54H2,1-4H3,(H,63,67)(H,64,68)(H,65,69)(H,66,70)/t55-,56-/m0/s1. The number of amides is 4. The highest BCUT2D eigenvalue weighted by Crippen LogP contribution is 2.15. The van der Waals surface area contributed by atoms with Gasteiger partial charge >= 0.3 is 23.8 Å². The van der Waals surface area contributed by atoms with Crippen molar-refractivity contribution in [2.75, 3.05) is 26.3 Å². The second kappa shape index (κ2) is 56.0. The van der Waals surface area contributed by atoms with Crippen molar-refractivity contribution < 1.29 is 38.2 Å². The van der Waals surface area contributed by atoms with Crippen LogP contribution in [-0.4, -0.2) is 74.0 Å². The van der Waals surface area contributed by atoms with Crippen LogP contribution < -0.4 is 21.3 Å². The average Bonchev–Trinajstić information content (AvgIpc) is 3.39. The third-order valence-electron chi connectivity index (χ3n) is 14.4. The Hall–Kier alpha value is -3.18. The summed E-state index contributed by atoms with van der Waals surface area (Å²) in [6.45, 7) is 10.3. The van der Waals surface area contributed by atoms with Gasteiger partial charge in [0.2, 0.25) is 11.8 Å². The Kier molecular flexibility index (Phi) is 53.6. The van der Waals surface area contributed by atoms with Gasteiger partial charge in [-0.25, -0.2) is 9.59 Å². The number of esters is 2. The van der Waals surface area contributed by atoms with Crippen molar-refractivity contribution in [1.29, 1.82) is 0 Å². The highest BCUT2D eigenvalue weighted by molar-refractivity contribution is 6.35. The lowest BCUT2D eigenvalue weighted by atomic mass is 10.1. The molecule has 0 aliphatic heterocycles. The van der Waals surface area contributed by atoms with Crippen LogP contribution in [0.3, 0.4) is 0 Å². The van der Waals surface area contributed by atoms with E-state index in [1.54, 1.807) is 0 Å². The van der Waals surface area contributed by atoms with E-state index >= 15 is 0 Å². The van der Waals surface area contributed by atoms with E-state index in [1.165, 1.54) is 154 Å². The van der Waals surface area contributed by atoms with Crippen molar-refractivity contribution in [3.05, 3.63) is 0 Å². The molecule has 0 radical (unpaired) electrons. The number of carbonyl (C=O) groups is 6. The fourth-order valence-corrected chi connectivity index (χ4v) is 9.44. The van der Waals surface area contributed by atoms with Gasteiger partial charge in [-0.05, 0) is 64.2 Å². The maximum atomic E-state index is 13.5. The summed E-state index contributed by atoms with van der Waals surface area (Å²) >= 11 is 0. The minimum absolute atomic E-state index is 0.0241. The van der Waals surface area contributed by atoms with Gasteiger partial charge in [-0.1, -0.05) is 246 Å². The Morgan fingerprint density at radius 3 is 0.811 bits per heavy atom. The summed E-state index contributed by atoms with van der Waals surface area (Å²) in [6, 6.07) is -2.12. The number of carbonyl (C=O) groups excluding carboxylic acids is 6. The number of unbranched alkanes of at least 4 members (excludes halogenated alkanes) is 36. The average molecular weight is 1050 g/mol. The van der Waals surface area contributed by atoms with Crippen LogP contribution in [-0.2, 0) is 38.2 Å². The van der Waals surface area contributed by atoms with Crippen molar-refractivity contribution in [2.45, 2.75) is 335 Å². The molecule has 0 bridgehead atoms. The van der Waals surface area contributed by atoms with Crippen LogP contribution >= 0.6 is 0 Å². The second-order valence-corrected chi connectivity index (χ2v) is 21.6. The molecule has 0 spiro atoms. The Morgan fingerprint density at radius 2 is 0.541 bits per heavy atom. The van der Waals surface area contributed by atoms with Crippen LogP contribution in [0.5, 0.6) is 0 Å². The molecule has 2 atom stereocenters. The van der Waals surface area contributed by atoms with Crippen LogP contribution in [0.15, 0.2) is 0 Å². The molecule has 0 aromatic rings. The molecule has 0 saturated heterocycles. The number of hydrogen-bond donors (Lipinski definition) is 4. The Labute approximate surface area is 454 Å². The van der Waals surface area contributed by atoms with Crippen LogP contribution in [0.25, 0.3) is 0 Å². The lowest BCUT2D eigenvalue weighted by Gasteiger charge is -2.20. The Morgan fingerprint density at radius 1 is 0.297 bits per heavy atom. The predicted octanol–water partition coefficient (Wildman–Crippen LogP) is 15.3. The zero-order valence-electron chi connectivity index (χ0n) is 48.8. The SMILES string of the molecule is CCCCCCCCCCCCOC(=O)[C@H](CCCCNC(=O)CCCCCCCCCCC)NC(=O)C(=O)N[C@@H](CCCCNC(=O)CCCCCCCCCCC)C(=O)OCCCCCCCCCCCC. The molecule has 0 fully saturated rings. The predicted molar refractivity (Wildman–Crippen MR) is 307 cm³/mol. The van der Waals surface area contributed by atoms with E-state index in [9.17, 15) is 28.8 Å². The molecule has 0 aromatic heterocycles. The van der Waals surface area contributed by atoms with Crippen molar-refractivity contribution in [3.8, 4) is 0 Å². The molecule has 74 heavy (non-hydrogen) atoms. The van der Waals surface area contributed by atoms with Gasteiger partial charge < -0.3 is 30.7 Å². The molecule has 0 aromatic carbocycles. The Bertz CT molecular complexity index is 1230. The molecule has 12 nitrogen and oxygen atoms in total. The van der Waals surface area contributed by atoms with Crippen molar-refractivity contribution >= 4 is 35.6 Å². The summed E-state index contributed by atoms with van der Waals surface area (Å²) in [5.41, 5.74) is 0. The maximum absolute atomic E-state index is 13.5. The highest BCUT2D eigenvalue weighted by Gasteiger charge is 2.29. The number of nitrogens with one attached hydrogen (secondary N) is 4. The summed E-state index contributed by atoms with van der Waals surface area (Å²) < 4.78 is 11.3. The molecule has 4 N–H and O–H groups in total. The van der Waals surface area contributed by atoms with Gasteiger partial charge in [0.15, 0.2) is 0 Å². The molecule has 0 aliphatic carbocycles. The lowest BCUT2D eigenvalue weighted by molar-refractivity contribution is -0.152. The molecule has 4 amide bonds. The van der Waals surface area contributed by atoms with Gasteiger partial charge in [-0.2, -0.15) is 0 Å². The molecule has 0 unspecified atom stereocenters. The quantitative estimate of drug-likeness (QED) is 0.0265. The first-order valence-corrected chi connectivity index (χ1v) is 31.7. The molecular weight excluding hydrogens is 929 g/mol. The number of rotatable bonds is 56. The summed E-state index contributed by atoms with van der Waals surface area (Å²) in [7, 11) is 0.